The zero-order chi connectivity index (χ0) is 18.5. The Morgan fingerprint density at radius 1 is 1.00 bits per heavy atom. The standard InChI is InChI=1S/C23H27N3O/c27-18-14-23-24-21-10-4-5-11-22(21)26(23)20-12-16-25(17-13-20)15-6-9-19-7-2-1-3-8-19/h1-11,20,27H,12-18H2/b9-6+. The van der Waals surface area contributed by atoms with Crippen LogP contribution in [0.2, 0.25) is 0 Å². The first kappa shape index (κ1) is 18.0. The van der Waals surface area contributed by atoms with E-state index in [1.807, 2.05) is 12.1 Å². The van der Waals surface area contributed by atoms with Crippen molar-refractivity contribution < 1.29 is 5.11 Å². The number of hydrogen-bond acceptors (Lipinski definition) is 3. The van der Waals surface area contributed by atoms with Gasteiger partial charge in [-0.2, -0.15) is 0 Å². The van der Waals surface area contributed by atoms with E-state index in [9.17, 15) is 5.11 Å². The van der Waals surface area contributed by atoms with Gasteiger partial charge in [0.2, 0.25) is 0 Å². The van der Waals surface area contributed by atoms with E-state index in [2.05, 4.69) is 64.1 Å². The van der Waals surface area contributed by atoms with Gasteiger partial charge >= 0.3 is 0 Å². The predicted molar refractivity (Wildman–Crippen MR) is 111 cm³/mol. The number of hydrogen-bond donors (Lipinski definition) is 1. The van der Waals surface area contributed by atoms with Crippen molar-refractivity contribution in [2.75, 3.05) is 26.2 Å². The highest BCUT2D eigenvalue weighted by Crippen LogP contribution is 2.29. The lowest BCUT2D eigenvalue weighted by molar-refractivity contribution is 0.202. The molecule has 0 unspecified atom stereocenters. The average molecular weight is 361 g/mol. The smallest absolute Gasteiger partial charge is 0.112 e. The number of piperidine rings is 1. The fraction of sp³-hybridized carbons (Fsp3) is 0.348. The molecule has 0 bridgehead atoms. The molecule has 1 fully saturated rings. The number of rotatable bonds is 6. The fourth-order valence-corrected chi connectivity index (χ4v) is 4.04. The summed E-state index contributed by atoms with van der Waals surface area (Å²) in [5.74, 6) is 1.01. The third-order valence-electron chi connectivity index (χ3n) is 5.40. The Bertz CT molecular complexity index is 892. The number of aliphatic hydroxyl groups excluding tert-OH is 1. The monoisotopic (exact) mass is 361 g/mol. The highest BCUT2D eigenvalue weighted by molar-refractivity contribution is 5.76. The van der Waals surface area contributed by atoms with Crippen LogP contribution in [0.25, 0.3) is 17.1 Å². The number of benzene rings is 2. The summed E-state index contributed by atoms with van der Waals surface area (Å²) in [4.78, 5) is 7.27. The summed E-state index contributed by atoms with van der Waals surface area (Å²) < 4.78 is 2.38. The maximum Gasteiger partial charge on any atom is 0.112 e. The molecule has 1 saturated heterocycles. The van der Waals surface area contributed by atoms with E-state index in [4.69, 9.17) is 4.98 Å². The van der Waals surface area contributed by atoms with Crippen LogP contribution >= 0.6 is 0 Å². The van der Waals surface area contributed by atoms with Gasteiger partial charge in [0.1, 0.15) is 5.82 Å². The molecule has 27 heavy (non-hydrogen) atoms. The summed E-state index contributed by atoms with van der Waals surface area (Å²) in [7, 11) is 0. The van der Waals surface area contributed by atoms with Crippen LogP contribution in [0.5, 0.6) is 0 Å². The Morgan fingerprint density at radius 3 is 2.52 bits per heavy atom. The van der Waals surface area contributed by atoms with Gasteiger partial charge in [0.05, 0.1) is 17.6 Å². The molecule has 1 aliphatic rings. The predicted octanol–water partition coefficient (Wildman–Crippen LogP) is 3.92. The van der Waals surface area contributed by atoms with Gasteiger partial charge in [-0.1, -0.05) is 54.6 Å². The zero-order valence-corrected chi connectivity index (χ0v) is 15.7. The first-order valence-electron chi connectivity index (χ1n) is 9.86. The third kappa shape index (κ3) is 4.12. The second-order valence-electron chi connectivity index (χ2n) is 7.21. The zero-order valence-electron chi connectivity index (χ0n) is 15.7. The van der Waals surface area contributed by atoms with Crippen LogP contribution in [0, 0.1) is 0 Å². The minimum absolute atomic E-state index is 0.145. The minimum Gasteiger partial charge on any atom is -0.396 e. The van der Waals surface area contributed by atoms with Crippen LogP contribution < -0.4 is 0 Å². The van der Waals surface area contributed by atoms with E-state index < -0.39 is 0 Å². The van der Waals surface area contributed by atoms with Crippen molar-refractivity contribution in [1.82, 2.24) is 14.5 Å². The summed E-state index contributed by atoms with van der Waals surface area (Å²) >= 11 is 0. The van der Waals surface area contributed by atoms with E-state index in [1.165, 1.54) is 11.1 Å². The highest BCUT2D eigenvalue weighted by atomic mass is 16.3. The summed E-state index contributed by atoms with van der Waals surface area (Å²) in [5, 5.41) is 9.43. The van der Waals surface area contributed by atoms with Crippen molar-refractivity contribution in [2.24, 2.45) is 0 Å². The molecule has 1 aliphatic heterocycles. The molecule has 0 amide bonds. The molecule has 4 nitrogen and oxygen atoms in total. The van der Waals surface area contributed by atoms with Gasteiger partial charge in [-0.3, -0.25) is 4.90 Å². The first-order chi connectivity index (χ1) is 13.3. The SMILES string of the molecule is OCCc1nc2ccccc2n1C1CCN(C/C=C/c2ccccc2)CC1. The Labute approximate surface area is 160 Å². The Kier molecular flexibility index (Phi) is 5.66. The summed E-state index contributed by atoms with van der Waals surface area (Å²) in [5.41, 5.74) is 3.49. The number of aromatic nitrogens is 2. The molecule has 0 aliphatic carbocycles. The molecule has 2 aromatic carbocycles. The lowest BCUT2D eigenvalue weighted by atomic mass is 10.0. The molecule has 0 saturated carbocycles. The minimum atomic E-state index is 0.145. The van der Waals surface area contributed by atoms with Crippen molar-refractivity contribution in [2.45, 2.75) is 25.3 Å². The van der Waals surface area contributed by atoms with E-state index in [0.717, 1.165) is 43.8 Å². The second-order valence-corrected chi connectivity index (χ2v) is 7.21. The molecule has 1 aromatic heterocycles. The van der Waals surface area contributed by atoms with Crippen LogP contribution in [0.3, 0.4) is 0 Å². The molecule has 140 valence electrons. The quantitative estimate of drug-likeness (QED) is 0.723. The van der Waals surface area contributed by atoms with Crippen molar-refractivity contribution >= 4 is 17.1 Å². The van der Waals surface area contributed by atoms with Crippen molar-refractivity contribution in [3.05, 3.63) is 72.1 Å². The second kappa shape index (κ2) is 8.51. The van der Waals surface area contributed by atoms with Crippen molar-refractivity contribution in [3.63, 3.8) is 0 Å². The van der Waals surface area contributed by atoms with E-state index in [-0.39, 0.29) is 6.61 Å². The van der Waals surface area contributed by atoms with E-state index in [1.54, 1.807) is 0 Å². The first-order valence-corrected chi connectivity index (χ1v) is 9.86. The normalized spacial score (nSPS) is 16.5. The van der Waals surface area contributed by atoms with Gasteiger partial charge in [-0.05, 0) is 30.5 Å². The van der Waals surface area contributed by atoms with Gasteiger partial charge in [0.15, 0.2) is 0 Å². The van der Waals surface area contributed by atoms with Crippen molar-refractivity contribution in [1.29, 1.82) is 0 Å². The van der Waals surface area contributed by atoms with Gasteiger partial charge in [-0.25, -0.2) is 4.98 Å². The Morgan fingerprint density at radius 2 is 1.74 bits per heavy atom. The molecular formula is C23H27N3O. The molecule has 3 aromatic rings. The van der Waals surface area contributed by atoms with Crippen molar-refractivity contribution in [3.8, 4) is 0 Å². The van der Waals surface area contributed by atoms with Crippen LogP contribution in [0.1, 0.15) is 30.3 Å². The lowest BCUT2D eigenvalue weighted by Gasteiger charge is -2.33. The Balaban J connectivity index is 1.41. The maximum absolute atomic E-state index is 9.43. The summed E-state index contributed by atoms with van der Waals surface area (Å²) in [6.45, 7) is 3.33. The number of para-hydroxylation sites is 2. The highest BCUT2D eigenvalue weighted by Gasteiger charge is 2.23. The Hall–Kier alpha value is -2.43. The molecular weight excluding hydrogens is 334 g/mol. The molecule has 0 atom stereocenters. The number of aliphatic hydroxyl groups is 1. The summed E-state index contributed by atoms with van der Waals surface area (Å²) in [6, 6.07) is 19.3. The van der Waals surface area contributed by atoms with Crippen LogP contribution in [-0.2, 0) is 6.42 Å². The molecule has 2 heterocycles. The van der Waals surface area contributed by atoms with Gasteiger partial charge in [0.25, 0.3) is 0 Å². The third-order valence-corrected chi connectivity index (χ3v) is 5.40. The molecule has 4 heteroatoms. The average Bonchev–Trinajstić information content (AvgIpc) is 3.08. The van der Waals surface area contributed by atoms with Gasteiger partial charge in [0, 0.05) is 32.1 Å². The maximum atomic E-state index is 9.43. The number of fused-ring (bicyclic) bond motifs is 1. The van der Waals surface area contributed by atoms with E-state index in [0.29, 0.717) is 12.5 Å². The molecule has 4 rings (SSSR count). The van der Waals surface area contributed by atoms with Crippen LogP contribution in [-0.4, -0.2) is 45.8 Å². The van der Waals surface area contributed by atoms with Crippen LogP contribution in [0.4, 0.5) is 0 Å². The number of likely N-dealkylation sites (tertiary alicyclic amines) is 1. The lowest BCUT2D eigenvalue weighted by Crippen LogP contribution is -2.35. The van der Waals surface area contributed by atoms with Crippen LogP contribution in [0.15, 0.2) is 60.7 Å². The summed E-state index contributed by atoms with van der Waals surface area (Å²) in [6.07, 6.45) is 7.33. The molecule has 0 spiro atoms. The number of nitrogens with zero attached hydrogens (tertiary/aromatic N) is 3. The largest absolute Gasteiger partial charge is 0.396 e. The van der Waals surface area contributed by atoms with Gasteiger partial charge in [-0.15, -0.1) is 0 Å². The number of imidazole rings is 1. The molecule has 1 N–H and O–H groups in total. The topological polar surface area (TPSA) is 41.3 Å². The fourth-order valence-electron chi connectivity index (χ4n) is 4.04. The van der Waals surface area contributed by atoms with E-state index >= 15 is 0 Å². The molecule has 0 radical (unpaired) electrons. The van der Waals surface area contributed by atoms with Gasteiger partial charge < -0.3 is 9.67 Å².